The van der Waals surface area contributed by atoms with Gasteiger partial charge in [0.05, 0.1) is 4.92 Å². The van der Waals surface area contributed by atoms with Crippen molar-refractivity contribution in [3.8, 4) is 0 Å². The zero-order valence-electron chi connectivity index (χ0n) is 5.93. The zero-order valence-corrected chi connectivity index (χ0v) is 9.15. The number of hydrogen-bond donors (Lipinski definition) is 1. The minimum absolute atomic E-state index is 0.140. The number of thiophene rings is 1. The lowest BCUT2D eigenvalue weighted by molar-refractivity contribution is -0.385. The van der Waals surface area contributed by atoms with Gasteiger partial charge >= 0.3 is 0 Å². The van der Waals surface area contributed by atoms with Crippen LogP contribution in [0.15, 0.2) is 14.1 Å². The molecule has 1 aromatic heterocycles. The molecule has 0 amide bonds. The molecule has 1 rings (SSSR count). The van der Waals surface area contributed by atoms with Crippen molar-refractivity contribution in [2.24, 2.45) is 5.14 Å². The summed E-state index contributed by atoms with van der Waals surface area (Å²) in [4.78, 5) is 9.62. The summed E-state index contributed by atoms with van der Waals surface area (Å²) >= 11 is 3.58. The van der Waals surface area contributed by atoms with E-state index in [1.807, 2.05) is 0 Å². The van der Waals surface area contributed by atoms with Gasteiger partial charge in [-0.3, -0.25) is 10.1 Å². The Morgan fingerprint density at radius 2 is 2.15 bits per heavy atom. The zero-order chi connectivity index (χ0) is 10.2. The van der Waals surface area contributed by atoms with Gasteiger partial charge in [0.15, 0.2) is 0 Å². The molecule has 13 heavy (non-hydrogen) atoms. The van der Waals surface area contributed by atoms with Gasteiger partial charge in [0.25, 0.3) is 5.69 Å². The van der Waals surface area contributed by atoms with Crippen LogP contribution in [0.1, 0.15) is 0 Å². The quantitative estimate of drug-likeness (QED) is 0.648. The fraction of sp³-hybridized carbons (Fsp3) is 0. The molecule has 0 saturated heterocycles. The van der Waals surface area contributed by atoms with E-state index in [0.717, 1.165) is 6.07 Å². The minimum Gasteiger partial charge on any atom is -0.258 e. The van der Waals surface area contributed by atoms with Crippen molar-refractivity contribution in [3.05, 3.63) is 20.0 Å². The van der Waals surface area contributed by atoms with E-state index in [-0.39, 0.29) is 13.7 Å². The first kappa shape index (κ1) is 10.6. The molecule has 1 heterocycles. The molecule has 6 nitrogen and oxygen atoms in total. The van der Waals surface area contributed by atoms with Crippen LogP contribution in [0, 0.1) is 10.1 Å². The third-order valence-corrected chi connectivity index (χ3v) is 4.35. The monoisotopic (exact) mass is 286 g/mol. The van der Waals surface area contributed by atoms with E-state index in [4.69, 9.17) is 5.14 Å². The third-order valence-electron chi connectivity index (χ3n) is 1.12. The first-order valence-corrected chi connectivity index (χ1v) is 5.94. The second-order valence-corrected chi connectivity index (χ2v) is 6.18. The summed E-state index contributed by atoms with van der Waals surface area (Å²) in [5.41, 5.74) is -0.297. The van der Waals surface area contributed by atoms with Crippen molar-refractivity contribution in [3.63, 3.8) is 0 Å². The molecule has 1 aromatic rings. The third kappa shape index (κ3) is 2.24. The highest BCUT2D eigenvalue weighted by atomic mass is 79.9. The molecule has 2 N–H and O–H groups in total. The smallest absolute Gasteiger partial charge is 0.258 e. The van der Waals surface area contributed by atoms with Gasteiger partial charge in [-0.2, -0.15) is 0 Å². The predicted molar refractivity (Wildman–Crippen MR) is 50.0 cm³/mol. The van der Waals surface area contributed by atoms with Gasteiger partial charge in [-0.1, -0.05) is 0 Å². The van der Waals surface area contributed by atoms with E-state index in [1.165, 1.54) is 0 Å². The van der Waals surface area contributed by atoms with Gasteiger partial charge in [0, 0.05) is 6.07 Å². The molecule has 0 aliphatic rings. The summed E-state index contributed by atoms with van der Waals surface area (Å²) in [6, 6.07) is 0.921. The molecule has 0 aliphatic heterocycles. The number of nitrogens with two attached hydrogens (primary N) is 1. The predicted octanol–water partition coefficient (Wildman–Crippen LogP) is 1.07. The molecule has 0 radical (unpaired) electrons. The van der Waals surface area contributed by atoms with Gasteiger partial charge in [0.2, 0.25) is 10.0 Å². The standard InChI is InChI=1S/C4H3BrN2O4S2/c5-4-2(7(8)9)1-3(12-4)13(6,10)11/h1H,(H2,6,10,11). The summed E-state index contributed by atoms with van der Waals surface area (Å²) in [6.07, 6.45) is 0. The van der Waals surface area contributed by atoms with Crippen LogP contribution in [0.4, 0.5) is 5.69 Å². The number of nitrogens with zero attached hydrogens (tertiary/aromatic N) is 1. The summed E-state index contributed by atoms with van der Waals surface area (Å²) in [6.45, 7) is 0. The van der Waals surface area contributed by atoms with Crippen molar-refractivity contribution in [1.82, 2.24) is 0 Å². The molecule has 0 bridgehead atoms. The molecule has 9 heteroatoms. The molecule has 0 aromatic carbocycles. The summed E-state index contributed by atoms with van der Waals surface area (Å²) in [7, 11) is -3.85. The summed E-state index contributed by atoms with van der Waals surface area (Å²) < 4.78 is 21.4. The lowest BCUT2D eigenvalue weighted by Gasteiger charge is -1.86. The number of hydrogen-bond acceptors (Lipinski definition) is 5. The molecule has 72 valence electrons. The largest absolute Gasteiger partial charge is 0.295 e. The molecule has 0 spiro atoms. The summed E-state index contributed by atoms with van der Waals surface area (Å²) in [5.74, 6) is 0. The SMILES string of the molecule is NS(=O)(=O)c1cc([N+](=O)[O-])c(Br)s1. The second-order valence-electron chi connectivity index (χ2n) is 2.03. The van der Waals surface area contributed by atoms with Crippen molar-refractivity contribution in [1.29, 1.82) is 0 Å². The van der Waals surface area contributed by atoms with Crippen LogP contribution in [-0.2, 0) is 10.0 Å². The molecule has 0 aliphatic carbocycles. The van der Waals surface area contributed by atoms with E-state index >= 15 is 0 Å². The second kappa shape index (κ2) is 3.33. The maximum absolute atomic E-state index is 10.8. The first-order valence-electron chi connectivity index (χ1n) is 2.79. The highest BCUT2D eigenvalue weighted by molar-refractivity contribution is 9.11. The van der Waals surface area contributed by atoms with Gasteiger partial charge in [-0.05, 0) is 15.9 Å². The number of sulfonamides is 1. The normalized spacial score (nSPS) is 11.5. The number of nitro groups is 1. The van der Waals surface area contributed by atoms with Gasteiger partial charge < -0.3 is 0 Å². The van der Waals surface area contributed by atoms with E-state index < -0.39 is 14.9 Å². The molecule has 0 unspecified atom stereocenters. The average molecular weight is 287 g/mol. The average Bonchev–Trinajstić information content (AvgIpc) is 2.29. The van der Waals surface area contributed by atoms with Crippen LogP contribution in [-0.4, -0.2) is 13.3 Å². The van der Waals surface area contributed by atoms with Crippen LogP contribution in [0.5, 0.6) is 0 Å². The van der Waals surface area contributed by atoms with Crippen molar-refractivity contribution >= 4 is 43.0 Å². The number of rotatable bonds is 2. The van der Waals surface area contributed by atoms with E-state index in [2.05, 4.69) is 15.9 Å². The Balaban J connectivity index is 3.33. The van der Waals surface area contributed by atoms with Crippen LogP contribution in [0.3, 0.4) is 0 Å². The Morgan fingerprint density at radius 1 is 1.62 bits per heavy atom. The van der Waals surface area contributed by atoms with Crippen LogP contribution in [0.25, 0.3) is 0 Å². The molecular formula is C4H3BrN2O4S2. The van der Waals surface area contributed by atoms with Gasteiger partial charge in [-0.15, -0.1) is 11.3 Å². The van der Waals surface area contributed by atoms with E-state index in [1.54, 1.807) is 0 Å². The fourth-order valence-corrected chi connectivity index (χ4v) is 3.28. The Hall–Kier alpha value is -0.510. The number of primary sulfonamides is 1. The Kier molecular flexibility index (Phi) is 2.71. The number of halogens is 1. The lowest BCUT2D eigenvalue weighted by Crippen LogP contribution is -2.09. The van der Waals surface area contributed by atoms with Crippen LogP contribution in [0.2, 0.25) is 0 Å². The maximum Gasteiger partial charge on any atom is 0.295 e. The highest BCUT2D eigenvalue weighted by Gasteiger charge is 2.21. The molecule has 0 fully saturated rings. The van der Waals surface area contributed by atoms with Gasteiger partial charge in [0.1, 0.15) is 8.00 Å². The Morgan fingerprint density at radius 3 is 2.38 bits per heavy atom. The van der Waals surface area contributed by atoms with Crippen molar-refractivity contribution < 1.29 is 13.3 Å². The minimum atomic E-state index is -3.85. The molecule has 0 atom stereocenters. The van der Waals surface area contributed by atoms with Gasteiger partial charge in [-0.25, -0.2) is 13.6 Å². The van der Waals surface area contributed by atoms with Crippen LogP contribution < -0.4 is 5.14 Å². The van der Waals surface area contributed by atoms with E-state index in [9.17, 15) is 18.5 Å². The highest BCUT2D eigenvalue weighted by Crippen LogP contribution is 2.35. The first-order chi connectivity index (χ1) is 5.82. The van der Waals surface area contributed by atoms with Crippen molar-refractivity contribution in [2.45, 2.75) is 4.21 Å². The van der Waals surface area contributed by atoms with Crippen LogP contribution >= 0.6 is 27.3 Å². The molecular weight excluding hydrogens is 284 g/mol. The van der Waals surface area contributed by atoms with Crippen molar-refractivity contribution in [2.75, 3.05) is 0 Å². The fourth-order valence-electron chi connectivity index (χ4n) is 0.603. The summed E-state index contributed by atoms with van der Waals surface area (Å²) in [5, 5.41) is 15.1. The topological polar surface area (TPSA) is 103 Å². The maximum atomic E-state index is 10.8. The van der Waals surface area contributed by atoms with E-state index in [0.29, 0.717) is 11.3 Å². The lowest BCUT2D eigenvalue weighted by atomic mass is 10.6. The Bertz CT molecular complexity index is 451. The Labute approximate surface area is 85.7 Å². The molecule has 0 saturated carbocycles.